The predicted octanol–water partition coefficient (Wildman–Crippen LogP) is 0.573. The molecule has 0 radical (unpaired) electrons. The number of carbonyl (C=O) groups excluding carboxylic acids is 4. The standard InChI is InChI=1S/C19H23N3O5/c1-13(23)21-15(11-14-7-3-2-4-8-14)19(26)27-12-17(24)22-10-6-5-9-16(22)18(20)25/h2-4,7-8,11,16H,5-6,9-10,12H2,1H3,(H2,20,25)(H,21,23)/b15-11-/t16-/m1/s1. The summed E-state index contributed by atoms with van der Waals surface area (Å²) >= 11 is 0. The second kappa shape index (κ2) is 9.51. The van der Waals surface area contributed by atoms with Crippen LogP contribution in [0.4, 0.5) is 0 Å². The molecular weight excluding hydrogens is 350 g/mol. The largest absolute Gasteiger partial charge is 0.451 e. The topological polar surface area (TPSA) is 119 Å². The van der Waals surface area contributed by atoms with Gasteiger partial charge in [0.2, 0.25) is 11.8 Å². The minimum absolute atomic E-state index is 0.0772. The molecule has 1 aromatic carbocycles. The Kier molecular flexibility index (Phi) is 7.10. The van der Waals surface area contributed by atoms with Crippen molar-refractivity contribution < 1.29 is 23.9 Å². The molecule has 1 heterocycles. The van der Waals surface area contributed by atoms with Crippen molar-refractivity contribution in [2.24, 2.45) is 5.73 Å². The molecule has 144 valence electrons. The molecule has 1 aliphatic rings. The Morgan fingerprint density at radius 2 is 1.93 bits per heavy atom. The number of benzene rings is 1. The van der Waals surface area contributed by atoms with Crippen LogP contribution in [0.2, 0.25) is 0 Å². The summed E-state index contributed by atoms with van der Waals surface area (Å²) in [4.78, 5) is 48.9. The van der Waals surface area contributed by atoms with Gasteiger partial charge in [-0.1, -0.05) is 30.3 Å². The van der Waals surface area contributed by atoms with Crippen LogP contribution < -0.4 is 11.1 Å². The number of amides is 3. The van der Waals surface area contributed by atoms with E-state index in [9.17, 15) is 19.2 Å². The molecule has 0 aromatic heterocycles. The predicted molar refractivity (Wildman–Crippen MR) is 97.7 cm³/mol. The number of rotatable bonds is 6. The zero-order valence-corrected chi connectivity index (χ0v) is 15.1. The van der Waals surface area contributed by atoms with Gasteiger partial charge in [-0.2, -0.15) is 0 Å². The Bertz CT molecular complexity index is 745. The lowest BCUT2D eigenvalue weighted by Crippen LogP contribution is -2.51. The molecule has 3 N–H and O–H groups in total. The van der Waals surface area contributed by atoms with Gasteiger partial charge in [0, 0.05) is 13.5 Å². The number of nitrogens with two attached hydrogens (primary N) is 1. The fourth-order valence-electron chi connectivity index (χ4n) is 2.87. The van der Waals surface area contributed by atoms with Gasteiger partial charge in [0.1, 0.15) is 11.7 Å². The number of hydrogen-bond acceptors (Lipinski definition) is 5. The maximum atomic E-state index is 12.4. The van der Waals surface area contributed by atoms with E-state index in [0.29, 0.717) is 18.5 Å². The van der Waals surface area contributed by atoms with Crippen LogP contribution in [0, 0.1) is 0 Å². The van der Waals surface area contributed by atoms with Gasteiger partial charge in [-0.25, -0.2) is 4.79 Å². The molecule has 8 heteroatoms. The number of nitrogens with zero attached hydrogens (tertiary/aromatic N) is 1. The van der Waals surface area contributed by atoms with Crippen LogP contribution >= 0.6 is 0 Å². The molecular formula is C19H23N3O5. The third kappa shape index (κ3) is 5.95. The van der Waals surface area contributed by atoms with Gasteiger partial charge in [0.25, 0.3) is 5.91 Å². The van der Waals surface area contributed by atoms with E-state index in [1.54, 1.807) is 24.3 Å². The number of esters is 1. The summed E-state index contributed by atoms with van der Waals surface area (Å²) in [6.45, 7) is 1.12. The van der Waals surface area contributed by atoms with Crippen molar-refractivity contribution in [3.8, 4) is 0 Å². The molecule has 8 nitrogen and oxygen atoms in total. The van der Waals surface area contributed by atoms with Crippen LogP contribution in [0.5, 0.6) is 0 Å². The van der Waals surface area contributed by atoms with Gasteiger partial charge < -0.3 is 20.7 Å². The van der Waals surface area contributed by atoms with E-state index in [0.717, 1.165) is 12.8 Å². The quantitative estimate of drug-likeness (QED) is 0.558. The maximum Gasteiger partial charge on any atom is 0.355 e. The third-order valence-electron chi connectivity index (χ3n) is 4.12. The number of primary amides is 1. The highest BCUT2D eigenvalue weighted by Gasteiger charge is 2.31. The Hall–Kier alpha value is -3.16. The molecule has 0 aliphatic carbocycles. The Labute approximate surface area is 157 Å². The third-order valence-corrected chi connectivity index (χ3v) is 4.12. The summed E-state index contributed by atoms with van der Waals surface area (Å²) in [5.74, 6) is -2.34. The average Bonchev–Trinajstić information content (AvgIpc) is 2.65. The van der Waals surface area contributed by atoms with E-state index in [-0.39, 0.29) is 5.70 Å². The minimum atomic E-state index is -0.838. The molecule has 1 aromatic rings. The van der Waals surface area contributed by atoms with Crippen LogP contribution in [-0.2, 0) is 23.9 Å². The molecule has 27 heavy (non-hydrogen) atoms. The summed E-state index contributed by atoms with van der Waals surface area (Å²) < 4.78 is 5.06. The van der Waals surface area contributed by atoms with Crippen LogP contribution in [0.15, 0.2) is 36.0 Å². The number of piperidine rings is 1. The van der Waals surface area contributed by atoms with Gasteiger partial charge >= 0.3 is 5.97 Å². The van der Waals surface area contributed by atoms with E-state index < -0.39 is 36.3 Å². The van der Waals surface area contributed by atoms with Crippen LogP contribution in [0.25, 0.3) is 6.08 Å². The van der Waals surface area contributed by atoms with Crippen molar-refractivity contribution in [3.05, 3.63) is 41.6 Å². The lowest BCUT2D eigenvalue weighted by molar-refractivity contribution is -0.152. The van der Waals surface area contributed by atoms with E-state index in [1.165, 1.54) is 17.9 Å². The van der Waals surface area contributed by atoms with Crippen molar-refractivity contribution in [1.82, 2.24) is 10.2 Å². The van der Waals surface area contributed by atoms with Crippen LogP contribution in [-0.4, -0.2) is 47.8 Å². The van der Waals surface area contributed by atoms with Crippen molar-refractivity contribution in [3.63, 3.8) is 0 Å². The highest BCUT2D eigenvalue weighted by atomic mass is 16.5. The first kappa shape index (κ1) is 20.2. The van der Waals surface area contributed by atoms with E-state index in [4.69, 9.17) is 10.5 Å². The monoisotopic (exact) mass is 373 g/mol. The van der Waals surface area contributed by atoms with Crippen molar-refractivity contribution in [2.75, 3.05) is 13.2 Å². The first-order chi connectivity index (χ1) is 12.9. The lowest BCUT2D eigenvalue weighted by atomic mass is 10.0. The molecule has 3 amide bonds. The number of hydrogen-bond donors (Lipinski definition) is 2. The fraction of sp³-hybridized carbons (Fsp3) is 0.368. The SMILES string of the molecule is CC(=O)N/C(=C\c1ccccc1)C(=O)OCC(=O)N1CCCC[C@@H]1C(N)=O. The number of carbonyl (C=O) groups is 4. The van der Waals surface area contributed by atoms with Gasteiger partial charge in [-0.05, 0) is 30.9 Å². The minimum Gasteiger partial charge on any atom is -0.451 e. The lowest BCUT2D eigenvalue weighted by Gasteiger charge is -2.33. The van der Waals surface area contributed by atoms with Gasteiger partial charge in [0.15, 0.2) is 6.61 Å². The molecule has 0 spiro atoms. The van der Waals surface area contributed by atoms with Gasteiger partial charge in [-0.3, -0.25) is 14.4 Å². The second-order valence-corrected chi connectivity index (χ2v) is 6.23. The number of nitrogens with one attached hydrogen (secondary N) is 1. The first-order valence-electron chi connectivity index (χ1n) is 8.68. The number of likely N-dealkylation sites (tertiary alicyclic amines) is 1. The van der Waals surface area contributed by atoms with Crippen LogP contribution in [0.1, 0.15) is 31.7 Å². The Balaban J connectivity index is 2.04. The van der Waals surface area contributed by atoms with Crippen LogP contribution in [0.3, 0.4) is 0 Å². The van der Waals surface area contributed by atoms with Crippen molar-refractivity contribution in [2.45, 2.75) is 32.2 Å². The normalized spacial score (nSPS) is 17.1. The Morgan fingerprint density at radius 3 is 2.56 bits per heavy atom. The zero-order chi connectivity index (χ0) is 19.8. The van der Waals surface area contributed by atoms with Gasteiger partial charge in [0.05, 0.1) is 0 Å². The molecule has 1 saturated heterocycles. The highest BCUT2D eigenvalue weighted by molar-refractivity contribution is 5.98. The molecule has 0 saturated carbocycles. The smallest absolute Gasteiger partial charge is 0.355 e. The second-order valence-electron chi connectivity index (χ2n) is 6.23. The van der Waals surface area contributed by atoms with E-state index in [1.807, 2.05) is 6.07 Å². The average molecular weight is 373 g/mol. The number of ether oxygens (including phenoxy) is 1. The molecule has 0 bridgehead atoms. The molecule has 2 rings (SSSR count). The summed E-state index contributed by atoms with van der Waals surface area (Å²) in [6, 6.07) is 8.22. The van der Waals surface area contributed by atoms with E-state index >= 15 is 0 Å². The molecule has 1 atom stereocenters. The molecule has 1 fully saturated rings. The zero-order valence-electron chi connectivity index (χ0n) is 15.1. The van der Waals surface area contributed by atoms with Crippen molar-refractivity contribution >= 4 is 29.8 Å². The summed E-state index contributed by atoms with van der Waals surface area (Å²) in [5.41, 5.74) is 5.96. The van der Waals surface area contributed by atoms with Gasteiger partial charge in [-0.15, -0.1) is 0 Å². The summed E-state index contributed by atoms with van der Waals surface area (Å²) in [7, 11) is 0. The van der Waals surface area contributed by atoms with Crippen molar-refractivity contribution in [1.29, 1.82) is 0 Å². The maximum absolute atomic E-state index is 12.4. The van der Waals surface area contributed by atoms with E-state index in [2.05, 4.69) is 5.32 Å². The Morgan fingerprint density at radius 1 is 1.22 bits per heavy atom. The summed E-state index contributed by atoms with van der Waals surface area (Å²) in [5, 5.41) is 2.41. The summed E-state index contributed by atoms with van der Waals surface area (Å²) in [6.07, 6.45) is 3.53. The molecule has 0 unspecified atom stereocenters. The first-order valence-corrected chi connectivity index (χ1v) is 8.68. The fourth-order valence-corrected chi connectivity index (χ4v) is 2.87. The molecule has 1 aliphatic heterocycles. The highest BCUT2D eigenvalue weighted by Crippen LogP contribution is 2.17.